The smallest absolute Gasteiger partial charge is 0.243 e. The second kappa shape index (κ2) is 6.75. The first kappa shape index (κ1) is 14.1. The van der Waals surface area contributed by atoms with Crippen LogP contribution in [0.2, 0.25) is 0 Å². The SMILES string of the molecule is CCN(CC(=O)Nc1cccc(C)c1)c1ccccc1. The molecule has 0 aromatic heterocycles. The summed E-state index contributed by atoms with van der Waals surface area (Å²) in [7, 11) is 0. The molecule has 1 amide bonds. The molecule has 3 nitrogen and oxygen atoms in total. The van der Waals surface area contributed by atoms with E-state index in [1.165, 1.54) is 0 Å². The van der Waals surface area contributed by atoms with Crippen LogP contribution in [0.1, 0.15) is 12.5 Å². The van der Waals surface area contributed by atoms with Crippen molar-refractivity contribution in [1.29, 1.82) is 0 Å². The molecule has 0 saturated heterocycles. The minimum absolute atomic E-state index is 0.00121. The predicted octanol–water partition coefficient (Wildman–Crippen LogP) is 3.46. The minimum atomic E-state index is 0.00121. The first-order valence-electron chi connectivity index (χ1n) is 6.85. The number of carbonyl (C=O) groups is 1. The van der Waals surface area contributed by atoms with Crippen molar-refractivity contribution < 1.29 is 4.79 Å². The second-order valence-corrected chi connectivity index (χ2v) is 4.77. The molecule has 2 aromatic rings. The highest BCUT2D eigenvalue weighted by atomic mass is 16.2. The lowest BCUT2D eigenvalue weighted by Crippen LogP contribution is -2.33. The Morgan fingerprint density at radius 2 is 1.85 bits per heavy atom. The van der Waals surface area contributed by atoms with Crippen LogP contribution in [0, 0.1) is 6.92 Å². The topological polar surface area (TPSA) is 32.3 Å². The summed E-state index contributed by atoms with van der Waals surface area (Å²) in [6.07, 6.45) is 0. The molecule has 0 atom stereocenters. The van der Waals surface area contributed by atoms with Gasteiger partial charge in [-0.15, -0.1) is 0 Å². The summed E-state index contributed by atoms with van der Waals surface area (Å²) in [6.45, 7) is 5.21. The number of nitrogens with one attached hydrogen (secondary N) is 1. The van der Waals surface area contributed by atoms with Gasteiger partial charge in [-0.2, -0.15) is 0 Å². The normalized spacial score (nSPS) is 10.1. The van der Waals surface area contributed by atoms with Crippen molar-refractivity contribution in [2.24, 2.45) is 0 Å². The fourth-order valence-corrected chi connectivity index (χ4v) is 2.12. The molecule has 20 heavy (non-hydrogen) atoms. The van der Waals surface area contributed by atoms with Crippen molar-refractivity contribution in [2.45, 2.75) is 13.8 Å². The molecule has 1 N–H and O–H groups in total. The maximum atomic E-state index is 12.1. The van der Waals surface area contributed by atoms with Gasteiger partial charge in [0.25, 0.3) is 0 Å². The highest BCUT2D eigenvalue weighted by Crippen LogP contribution is 2.13. The highest BCUT2D eigenvalue weighted by Gasteiger charge is 2.09. The highest BCUT2D eigenvalue weighted by molar-refractivity contribution is 5.94. The molecule has 0 radical (unpaired) electrons. The van der Waals surface area contributed by atoms with Gasteiger partial charge >= 0.3 is 0 Å². The zero-order valence-electron chi connectivity index (χ0n) is 12.0. The van der Waals surface area contributed by atoms with Crippen LogP contribution in [-0.4, -0.2) is 19.0 Å². The first-order valence-corrected chi connectivity index (χ1v) is 6.85. The third kappa shape index (κ3) is 3.85. The van der Waals surface area contributed by atoms with Gasteiger partial charge in [0, 0.05) is 17.9 Å². The lowest BCUT2D eigenvalue weighted by atomic mass is 10.2. The monoisotopic (exact) mass is 268 g/mol. The van der Waals surface area contributed by atoms with Crippen molar-refractivity contribution in [2.75, 3.05) is 23.3 Å². The fraction of sp³-hybridized carbons (Fsp3) is 0.235. The number of para-hydroxylation sites is 1. The number of nitrogens with zero attached hydrogens (tertiary/aromatic N) is 1. The van der Waals surface area contributed by atoms with Gasteiger partial charge in [-0.25, -0.2) is 0 Å². The molecular formula is C17H20N2O. The van der Waals surface area contributed by atoms with E-state index in [9.17, 15) is 4.79 Å². The maximum absolute atomic E-state index is 12.1. The Balaban J connectivity index is 2.00. The summed E-state index contributed by atoms with van der Waals surface area (Å²) < 4.78 is 0. The number of amides is 1. The van der Waals surface area contributed by atoms with E-state index in [-0.39, 0.29) is 5.91 Å². The zero-order valence-corrected chi connectivity index (χ0v) is 12.0. The molecule has 0 saturated carbocycles. The van der Waals surface area contributed by atoms with Crippen molar-refractivity contribution >= 4 is 17.3 Å². The second-order valence-electron chi connectivity index (χ2n) is 4.77. The molecule has 0 aliphatic rings. The van der Waals surface area contributed by atoms with Crippen LogP contribution in [0.3, 0.4) is 0 Å². The number of rotatable bonds is 5. The van der Waals surface area contributed by atoms with Gasteiger partial charge < -0.3 is 10.2 Å². The summed E-state index contributed by atoms with van der Waals surface area (Å²) >= 11 is 0. The van der Waals surface area contributed by atoms with E-state index in [1.54, 1.807) is 0 Å². The molecular weight excluding hydrogens is 248 g/mol. The summed E-state index contributed by atoms with van der Waals surface area (Å²) in [5, 5.41) is 2.94. The third-order valence-corrected chi connectivity index (χ3v) is 3.14. The van der Waals surface area contributed by atoms with Crippen LogP contribution in [0.15, 0.2) is 54.6 Å². The van der Waals surface area contributed by atoms with Crippen LogP contribution in [0.4, 0.5) is 11.4 Å². The maximum Gasteiger partial charge on any atom is 0.243 e. The van der Waals surface area contributed by atoms with Gasteiger partial charge in [0.1, 0.15) is 0 Å². The van der Waals surface area contributed by atoms with Crippen molar-refractivity contribution in [3.05, 3.63) is 60.2 Å². The number of benzene rings is 2. The van der Waals surface area contributed by atoms with Crippen molar-refractivity contribution in [3.63, 3.8) is 0 Å². The van der Waals surface area contributed by atoms with E-state index >= 15 is 0 Å². The quantitative estimate of drug-likeness (QED) is 0.900. The van der Waals surface area contributed by atoms with Crippen LogP contribution < -0.4 is 10.2 Å². The van der Waals surface area contributed by atoms with Crippen LogP contribution in [-0.2, 0) is 4.79 Å². The molecule has 0 fully saturated rings. The largest absolute Gasteiger partial charge is 0.362 e. The van der Waals surface area contributed by atoms with E-state index in [0.717, 1.165) is 23.5 Å². The molecule has 0 aliphatic heterocycles. The number of aryl methyl sites for hydroxylation is 1. The molecule has 2 rings (SSSR count). The average Bonchev–Trinajstić information content (AvgIpc) is 2.45. The van der Waals surface area contributed by atoms with Gasteiger partial charge in [-0.3, -0.25) is 4.79 Å². The van der Waals surface area contributed by atoms with Gasteiger partial charge in [0.05, 0.1) is 6.54 Å². The molecule has 3 heteroatoms. The average molecular weight is 268 g/mol. The Morgan fingerprint density at radius 1 is 1.10 bits per heavy atom. The van der Waals surface area contributed by atoms with E-state index < -0.39 is 0 Å². The number of carbonyl (C=O) groups excluding carboxylic acids is 1. The molecule has 0 bridgehead atoms. The van der Waals surface area contributed by atoms with Crippen LogP contribution in [0.25, 0.3) is 0 Å². The molecule has 0 spiro atoms. The van der Waals surface area contributed by atoms with E-state index in [0.29, 0.717) is 6.54 Å². The molecule has 0 unspecified atom stereocenters. The Kier molecular flexibility index (Phi) is 4.77. The number of anilines is 2. The van der Waals surface area contributed by atoms with E-state index in [1.807, 2.05) is 73.3 Å². The molecule has 0 heterocycles. The predicted molar refractivity (Wildman–Crippen MR) is 84.1 cm³/mol. The lowest BCUT2D eigenvalue weighted by molar-refractivity contribution is -0.115. The fourth-order valence-electron chi connectivity index (χ4n) is 2.12. The minimum Gasteiger partial charge on any atom is -0.362 e. The number of likely N-dealkylation sites (N-methyl/N-ethyl adjacent to an activating group) is 1. The Bertz CT molecular complexity index is 566. The molecule has 104 valence electrons. The number of hydrogen-bond donors (Lipinski definition) is 1. The Labute approximate surface area is 120 Å². The van der Waals surface area contributed by atoms with Gasteiger partial charge in [0.15, 0.2) is 0 Å². The van der Waals surface area contributed by atoms with Crippen LogP contribution >= 0.6 is 0 Å². The van der Waals surface area contributed by atoms with Crippen LogP contribution in [0.5, 0.6) is 0 Å². The Morgan fingerprint density at radius 3 is 2.50 bits per heavy atom. The lowest BCUT2D eigenvalue weighted by Gasteiger charge is -2.22. The standard InChI is InChI=1S/C17H20N2O/c1-3-19(16-10-5-4-6-11-16)13-17(20)18-15-9-7-8-14(2)12-15/h4-12H,3,13H2,1-2H3,(H,18,20). The zero-order chi connectivity index (χ0) is 14.4. The van der Waals surface area contributed by atoms with E-state index in [2.05, 4.69) is 5.32 Å². The molecule has 2 aromatic carbocycles. The van der Waals surface area contributed by atoms with Gasteiger partial charge in [-0.1, -0.05) is 30.3 Å². The van der Waals surface area contributed by atoms with E-state index in [4.69, 9.17) is 0 Å². The van der Waals surface area contributed by atoms with Gasteiger partial charge in [0.2, 0.25) is 5.91 Å². The number of hydrogen-bond acceptors (Lipinski definition) is 2. The summed E-state index contributed by atoms with van der Waals surface area (Å²) in [5.41, 5.74) is 3.05. The van der Waals surface area contributed by atoms with Gasteiger partial charge in [-0.05, 0) is 43.7 Å². The summed E-state index contributed by atoms with van der Waals surface area (Å²) in [4.78, 5) is 14.2. The van der Waals surface area contributed by atoms with Crippen molar-refractivity contribution in [1.82, 2.24) is 0 Å². The third-order valence-electron chi connectivity index (χ3n) is 3.14. The first-order chi connectivity index (χ1) is 9.69. The van der Waals surface area contributed by atoms with Crippen molar-refractivity contribution in [3.8, 4) is 0 Å². The summed E-state index contributed by atoms with van der Waals surface area (Å²) in [5.74, 6) is 0.00121. The molecule has 0 aliphatic carbocycles. The Hall–Kier alpha value is -2.29. The summed E-state index contributed by atoms with van der Waals surface area (Å²) in [6, 6.07) is 17.8.